The molecule has 9 nitrogen and oxygen atoms in total. The Morgan fingerprint density at radius 2 is 2.30 bits per heavy atom. The van der Waals surface area contributed by atoms with Crippen molar-refractivity contribution in [2.45, 2.75) is 25.4 Å². The number of fused-ring (bicyclic) bond motifs is 1. The fourth-order valence-electron chi connectivity index (χ4n) is 2.70. The SMILES string of the molecule is CNC(=O)c1ccc(N[C@@H]2CCCn3ncnc32)c([N+](=O)[O-])c1. The Kier molecular flexibility index (Phi) is 3.92. The Morgan fingerprint density at radius 3 is 3.04 bits per heavy atom. The van der Waals surface area contributed by atoms with Gasteiger partial charge in [-0.15, -0.1) is 0 Å². The highest BCUT2D eigenvalue weighted by Gasteiger charge is 2.25. The van der Waals surface area contributed by atoms with Crippen LogP contribution in [0.5, 0.6) is 0 Å². The zero-order valence-electron chi connectivity index (χ0n) is 12.5. The summed E-state index contributed by atoms with van der Waals surface area (Å²) in [5.74, 6) is 0.401. The van der Waals surface area contributed by atoms with Crippen molar-refractivity contribution in [1.29, 1.82) is 0 Å². The van der Waals surface area contributed by atoms with E-state index in [1.54, 1.807) is 16.8 Å². The molecular formula is C14H16N6O3. The summed E-state index contributed by atoms with van der Waals surface area (Å²) in [5, 5.41) is 21.1. The summed E-state index contributed by atoms with van der Waals surface area (Å²) in [5.41, 5.74) is 0.475. The lowest BCUT2D eigenvalue weighted by atomic mass is 10.1. The maximum atomic E-state index is 11.6. The molecule has 0 spiro atoms. The molecule has 23 heavy (non-hydrogen) atoms. The van der Waals surface area contributed by atoms with Crippen molar-refractivity contribution in [3.8, 4) is 0 Å². The van der Waals surface area contributed by atoms with E-state index in [1.807, 2.05) is 0 Å². The molecule has 0 bridgehead atoms. The standard InChI is InChI=1S/C14H16N6O3/c1-15-14(21)9-4-5-10(12(7-9)20(22)23)18-11-3-2-6-19-13(11)16-8-17-19/h4-5,7-8,11,18H,2-3,6H2,1H3,(H,15,21)/t11-/m1/s1. The molecule has 1 aromatic carbocycles. The highest BCUT2D eigenvalue weighted by Crippen LogP contribution is 2.32. The molecule has 0 aliphatic carbocycles. The van der Waals surface area contributed by atoms with E-state index in [1.165, 1.54) is 19.4 Å². The van der Waals surface area contributed by atoms with Gasteiger partial charge in [0, 0.05) is 25.2 Å². The van der Waals surface area contributed by atoms with Crippen LogP contribution < -0.4 is 10.6 Å². The van der Waals surface area contributed by atoms with E-state index in [4.69, 9.17) is 0 Å². The van der Waals surface area contributed by atoms with E-state index in [0.717, 1.165) is 25.2 Å². The monoisotopic (exact) mass is 316 g/mol. The lowest BCUT2D eigenvalue weighted by Crippen LogP contribution is -2.23. The van der Waals surface area contributed by atoms with Crippen LogP contribution in [0.1, 0.15) is 35.1 Å². The largest absolute Gasteiger partial charge is 0.370 e. The van der Waals surface area contributed by atoms with Crippen molar-refractivity contribution in [2.75, 3.05) is 12.4 Å². The summed E-state index contributed by atoms with van der Waals surface area (Å²) in [7, 11) is 1.48. The van der Waals surface area contributed by atoms with E-state index >= 15 is 0 Å². The van der Waals surface area contributed by atoms with Gasteiger partial charge in [0.1, 0.15) is 17.8 Å². The minimum absolute atomic E-state index is 0.136. The first-order chi connectivity index (χ1) is 11.1. The third-order valence-electron chi connectivity index (χ3n) is 3.83. The smallest absolute Gasteiger partial charge is 0.293 e. The van der Waals surface area contributed by atoms with Crippen molar-refractivity contribution in [1.82, 2.24) is 20.1 Å². The number of amides is 1. The Hall–Kier alpha value is -2.97. The Morgan fingerprint density at radius 1 is 1.48 bits per heavy atom. The van der Waals surface area contributed by atoms with Crippen molar-refractivity contribution >= 4 is 17.3 Å². The highest BCUT2D eigenvalue weighted by molar-refractivity contribution is 5.95. The highest BCUT2D eigenvalue weighted by atomic mass is 16.6. The van der Waals surface area contributed by atoms with Gasteiger partial charge in [0.2, 0.25) is 0 Å². The molecule has 0 fully saturated rings. The molecular weight excluding hydrogens is 300 g/mol. The van der Waals surface area contributed by atoms with E-state index in [2.05, 4.69) is 20.7 Å². The molecule has 2 aromatic rings. The Labute approximate surface area is 131 Å². The predicted molar refractivity (Wildman–Crippen MR) is 82.1 cm³/mol. The zero-order valence-corrected chi connectivity index (χ0v) is 12.5. The van der Waals surface area contributed by atoms with Crippen LogP contribution in [0.4, 0.5) is 11.4 Å². The average Bonchev–Trinajstić information content (AvgIpc) is 3.04. The summed E-state index contributed by atoms with van der Waals surface area (Å²) in [6.07, 6.45) is 3.21. The quantitative estimate of drug-likeness (QED) is 0.652. The Bertz CT molecular complexity index is 757. The van der Waals surface area contributed by atoms with Crippen LogP contribution in [0.3, 0.4) is 0 Å². The summed E-state index contributed by atoms with van der Waals surface area (Å²) in [4.78, 5) is 26.7. The first-order valence-electron chi connectivity index (χ1n) is 7.25. The second-order valence-electron chi connectivity index (χ2n) is 5.25. The molecule has 3 rings (SSSR count). The van der Waals surface area contributed by atoms with Gasteiger partial charge in [-0.25, -0.2) is 9.67 Å². The fourth-order valence-corrected chi connectivity index (χ4v) is 2.70. The van der Waals surface area contributed by atoms with Crippen LogP contribution in [-0.2, 0) is 6.54 Å². The number of hydrogen-bond acceptors (Lipinski definition) is 6. The molecule has 1 amide bonds. The predicted octanol–water partition coefficient (Wildman–Crippen LogP) is 1.49. The number of aromatic nitrogens is 3. The molecule has 9 heteroatoms. The summed E-state index contributed by atoms with van der Waals surface area (Å²) in [6, 6.07) is 4.24. The van der Waals surface area contributed by atoms with Gasteiger partial charge in [-0.1, -0.05) is 0 Å². The van der Waals surface area contributed by atoms with E-state index in [-0.39, 0.29) is 23.2 Å². The lowest BCUT2D eigenvalue weighted by Gasteiger charge is -2.24. The topological polar surface area (TPSA) is 115 Å². The number of nitro groups is 1. The molecule has 1 aliphatic rings. The summed E-state index contributed by atoms with van der Waals surface area (Å²) in [6.45, 7) is 0.797. The normalized spacial score (nSPS) is 16.5. The number of benzene rings is 1. The van der Waals surface area contributed by atoms with Crippen LogP contribution in [0.2, 0.25) is 0 Å². The third kappa shape index (κ3) is 2.85. The van der Waals surface area contributed by atoms with Gasteiger partial charge in [-0.05, 0) is 25.0 Å². The average molecular weight is 316 g/mol. The van der Waals surface area contributed by atoms with Crippen LogP contribution in [-0.4, -0.2) is 32.6 Å². The molecule has 0 unspecified atom stereocenters. The zero-order chi connectivity index (χ0) is 16.4. The second-order valence-corrected chi connectivity index (χ2v) is 5.25. The maximum Gasteiger partial charge on any atom is 0.293 e. The van der Waals surface area contributed by atoms with Crippen LogP contribution >= 0.6 is 0 Å². The van der Waals surface area contributed by atoms with Crippen LogP contribution in [0.25, 0.3) is 0 Å². The molecule has 2 N–H and O–H groups in total. The molecule has 0 saturated carbocycles. The minimum Gasteiger partial charge on any atom is -0.370 e. The van der Waals surface area contributed by atoms with Crippen molar-refractivity contribution < 1.29 is 9.72 Å². The first kappa shape index (κ1) is 14.9. The van der Waals surface area contributed by atoms with Crippen molar-refractivity contribution in [3.63, 3.8) is 0 Å². The van der Waals surface area contributed by atoms with Gasteiger partial charge in [-0.3, -0.25) is 14.9 Å². The molecule has 2 heterocycles. The number of carbonyl (C=O) groups is 1. The van der Waals surface area contributed by atoms with Gasteiger partial charge in [0.05, 0.1) is 11.0 Å². The second kappa shape index (κ2) is 6.03. The molecule has 1 aliphatic heterocycles. The number of carbonyl (C=O) groups excluding carboxylic acids is 1. The molecule has 120 valence electrons. The molecule has 1 atom stereocenters. The summed E-state index contributed by atoms with van der Waals surface area (Å²) < 4.78 is 1.80. The number of rotatable bonds is 4. The molecule has 0 saturated heterocycles. The van der Waals surface area contributed by atoms with Gasteiger partial charge in [-0.2, -0.15) is 5.10 Å². The lowest BCUT2D eigenvalue weighted by molar-refractivity contribution is -0.384. The molecule has 0 radical (unpaired) electrons. The van der Waals surface area contributed by atoms with E-state index < -0.39 is 4.92 Å². The van der Waals surface area contributed by atoms with Gasteiger partial charge >= 0.3 is 0 Å². The van der Waals surface area contributed by atoms with Crippen molar-refractivity contribution in [2.24, 2.45) is 0 Å². The number of hydrogen-bond donors (Lipinski definition) is 2. The minimum atomic E-state index is -0.498. The van der Waals surface area contributed by atoms with Gasteiger partial charge in [0.15, 0.2) is 0 Å². The number of anilines is 1. The number of nitro benzene ring substituents is 1. The van der Waals surface area contributed by atoms with Crippen LogP contribution in [0.15, 0.2) is 24.5 Å². The van der Waals surface area contributed by atoms with E-state index in [0.29, 0.717) is 5.69 Å². The number of nitrogens with one attached hydrogen (secondary N) is 2. The molecule has 1 aromatic heterocycles. The fraction of sp³-hybridized carbons (Fsp3) is 0.357. The van der Waals surface area contributed by atoms with E-state index in [9.17, 15) is 14.9 Å². The van der Waals surface area contributed by atoms with Crippen molar-refractivity contribution in [3.05, 3.63) is 46.0 Å². The first-order valence-corrected chi connectivity index (χ1v) is 7.25. The van der Waals surface area contributed by atoms with Gasteiger partial charge < -0.3 is 10.6 Å². The number of nitrogens with zero attached hydrogens (tertiary/aromatic N) is 4. The maximum absolute atomic E-state index is 11.6. The number of aryl methyl sites for hydroxylation is 1. The van der Waals surface area contributed by atoms with Gasteiger partial charge in [0.25, 0.3) is 11.6 Å². The summed E-state index contributed by atoms with van der Waals surface area (Å²) >= 11 is 0. The third-order valence-corrected chi connectivity index (χ3v) is 3.83. The Balaban J connectivity index is 1.92. The van der Waals surface area contributed by atoms with Crippen LogP contribution in [0, 0.1) is 10.1 Å².